The summed E-state index contributed by atoms with van der Waals surface area (Å²) in [7, 11) is 0. The summed E-state index contributed by atoms with van der Waals surface area (Å²) < 4.78 is 5.49. The number of rotatable bonds is 5. The Labute approximate surface area is 107 Å². The fraction of sp³-hybridized carbons (Fsp3) is 0.846. The molecule has 3 aliphatic rings. The molecule has 3 rings (SSSR count). The van der Waals surface area contributed by atoms with Crippen LogP contribution in [0.4, 0.5) is 0 Å². The average Bonchev–Trinajstić information content (AvgIpc) is 3.05. The monoisotopic (exact) mass is 252 g/mol. The number of nitrogens with one attached hydrogen (secondary N) is 1. The Morgan fingerprint density at radius 2 is 2.06 bits per heavy atom. The van der Waals surface area contributed by atoms with Crippen LogP contribution in [0, 0.1) is 0 Å². The highest BCUT2D eigenvalue weighted by atomic mass is 16.5. The molecule has 0 aromatic carbocycles. The van der Waals surface area contributed by atoms with Gasteiger partial charge in [0.25, 0.3) is 0 Å². The Morgan fingerprint density at radius 3 is 2.67 bits per heavy atom. The van der Waals surface area contributed by atoms with Gasteiger partial charge in [0.15, 0.2) is 0 Å². The van der Waals surface area contributed by atoms with Crippen molar-refractivity contribution >= 4 is 11.8 Å². The van der Waals surface area contributed by atoms with E-state index in [-0.39, 0.29) is 23.9 Å². The van der Waals surface area contributed by atoms with Crippen LogP contribution in [0.2, 0.25) is 0 Å². The van der Waals surface area contributed by atoms with Crippen LogP contribution in [0.5, 0.6) is 0 Å². The summed E-state index contributed by atoms with van der Waals surface area (Å²) in [6.07, 6.45) is 4.55. The lowest BCUT2D eigenvalue weighted by Crippen LogP contribution is -2.51. The molecule has 2 saturated carbocycles. The lowest BCUT2D eigenvalue weighted by Gasteiger charge is -2.36. The van der Waals surface area contributed by atoms with E-state index >= 15 is 0 Å². The summed E-state index contributed by atoms with van der Waals surface area (Å²) in [5.74, 6) is -0.0111. The molecule has 0 bridgehead atoms. The minimum atomic E-state index is -0.286. The molecule has 0 radical (unpaired) electrons. The molecule has 5 heteroatoms. The van der Waals surface area contributed by atoms with E-state index in [4.69, 9.17) is 4.74 Å². The van der Waals surface area contributed by atoms with Crippen LogP contribution in [0.15, 0.2) is 0 Å². The summed E-state index contributed by atoms with van der Waals surface area (Å²) >= 11 is 0. The fourth-order valence-corrected chi connectivity index (χ4v) is 2.86. The number of ether oxygens (including phenoxy) is 1. The molecule has 18 heavy (non-hydrogen) atoms. The summed E-state index contributed by atoms with van der Waals surface area (Å²) in [5.41, 5.74) is 0. The number of hydrogen-bond acceptors (Lipinski definition) is 4. The third-order valence-corrected chi connectivity index (χ3v) is 4.03. The maximum atomic E-state index is 12.1. The molecule has 1 saturated heterocycles. The van der Waals surface area contributed by atoms with E-state index in [1.165, 1.54) is 4.90 Å². The SMILES string of the molecule is CCOC1CC(NC2CC(=O)N(C3CC3)C2=O)C1. The smallest absolute Gasteiger partial charge is 0.247 e. The Bertz CT molecular complexity index is 361. The van der Waals surface area contributed by atoms with Crippen molar-refractivity contribution in [2.75, 3.05) is 6.61 Å². The molecule has 1 heterocycles. The molecule has 1 aliphatic heterocycles. The van der Waals surface area contributed by atoms with E-state index in [2.05, 4.69) is 5.32 Å². The Morgan fingerprint density at radius 1 is 1.33 bits per heavy atom. The second-order valence-corrected chi connectivity index (χ2v) is 5.50. The molecule has 1 N–H and O–H groups in total. The van der Waals surface area contributed by atoms with Gasteiger partial charge in [-0.3, -0.25) is 14.5 Å². The number of carbonyl (C=O) groups is 2. The highest BCUT2D eigenvalue weighted by molar-refractivity contribution is 6.06. The van der Waals surface area contributed by atoms with Gasteiger partial charge in [0.05, 0.1) is 18.6 Å². The first-order chi connectivity index (χ1) is 8.69. The van der Waals surface area contributed by atoms with Crippen molar-refractivity contribution < 1.29 is 14.3 Å². The van der Waals surface area contributed by atoms with Crippen molar-refractivity contribution in [3.63, 3.8) is 0 Å². The van der Waals surface area contributed by atoms with E-state index in [0.29, 0.717) is 18.6 Å². The van der Waals surface area contributed by atoms with Gasteiger partial charge in [-0.1, -0.05) is 0 Å². The maximum absolute atomic E-state index is 12.1. The lowest BCUT2D eigenvalue weighted by atomic mass is 9.88. The molecule has 2 aliphatic carbocycles. The summed E-state index contributed by atoms with van der Waals surface area (Å²) in [5, 5.41) is 3.30. The van der Waals surface area contributed by atoms with Gasteiger partial charge < -0.3 is 10.1 Å². The average molecular weight is 252 g/mol. The minimum Gasteiger partial charge on any atom is -0.378 e. The first kappa shape index (κ1) is 12.1. The molecule has 1 unspecified atom stereocenters. The highest BCUT2D eigenvalue weighted by Gasteiger charge is 2.47. The Kier molecular flexibility index (Phi) is 3.11. The fourth-order valence-electron chi connectivity index (χ4n) is 2.86. The molecule has 0 aromatic rings. The first-order valence-electron chi connectivity index (χ1n) is 6.92. The van der Waals surface area contributed by atoms with Crippen LogP contribution in [-0.2, 0) is 14.3 Å². The van der Waals surface area contributed by atoms with Gasteiger partial charge in [-0.05, 0) is 32.6 Å². The molecule has 0 aromatic heterocycles. The first-order valence-corrected chi connectivity index (χ1v) is 6.92. The van der Waals surface area contributed by atoms with Crippen LogP contribution < -0.4 is 5.32 Å². The van der Waals surface area contributed by atoms with E-state index in [9.17, 15) is 9.59 Å². The van der Waals surface area contributed by atoms with E-state index < -0.39 is 0 Å². The van der Waals surface area contributed by atoms with Gasteiger partial charge in [0, 0.05) is 18.7 Å². The second-order valence-electron chi connectivity index (χ2n) is 5.50. The molecule has 100 valence electrons. The molecule has 2 amide bonds. The van der Waals surface area contributed by atoms with Crippen molar-refractivity contribution in [2.24, 2.45) is 0 Å². The Balaban J connectivity index is 1.49. The van der Waals surface area contributed by atoms with Crippen LogP contribution in [-0.4, -0.2) is 47.6 Å². The van der Waals surface area contributed by atoms with E-state index in [1.54, 1.807) is 0 Å². The second kappa shape index (κ2) is 4.63. The van der Waals surface area contributed by atoms with Gasteiger partial charge >= 0.3 is 0 Å². The standard InChI is InChI=1S/C13H20N2O3/c1-2-18-10-5-8(6-10)14-11-7-12(16)15(13(11)17)9-3-4-9/h8-11,14H,2-7H2,1H3. The number of imide groups is 1. The third kappa shape index (κ3) is 2.17. The molecule has 1 atom stereocenters. The van der Waals surface area contributed by atoms with E-state index in [0.717, 1.165) is 32.3 Å². The zero-order valence-electron chi connectivity index (χ0n) is 10.7. The zero-order valence-corrected chi connectivity index (χ0v) is 10.7. The number of nitrogens with zero attached hydrogens (tertiary/aromatic N) is 1. The predicted octanol–water partition coefficient (Wildman–Crippen LogP) is 0.433. The Hall–Kier alpha value is -0.940. The third-order valence-electron chi connectivity index (χ3n) is 4.03. The maximum Gasteiger partial charge on any atom is 0.247 e. The van der Waals surface area contributed by atoms with Crippen molar-refractivity contribution in [1.82, 2.24) is 10.2 Å². The topological polar surface area (TPSA) is 58.6 Å². The van der Waals surface area contributed by atoms with Crippen LogP contribution >= 0.6 is 0 Å². The van der Waals surface area contributed by atoms with Gasteiger partial charge in [-0.25, -0.2) is 0 Å². The number of hydrogen-bond donors (Lipinski definition) is 1. The number of amides is 2. The van der Waals surface area contributed by atoms with Crippen molar-refractivity contribution in [2.45, 2.75) is 63.3 Å². The number of likely N-dealkylation sites (tertiary alicyclic amines) is 1. The zero-order chi connectivity index (χ0) is 12.7. The van der Waals surface area contributed by atoms with Crippen molar-refractivity contribution in [3.05, 3.63) is 0 Å². The van der Waals surface area contributed by atoms with Crippen molar-refractivity contribution in [1.29, 1.82) is 0 Å². The van der Waals surface area contributed by atoms with Crippen molar-refractivity contribution in [3.8, 4) is 0 Å². The lowest BCUT2D eigenvalue weighted by molar-refractivity contribution is -0.139. The molecule has 3 fully saturated rings. The normalized spacial score (nSPS) is 36.1. The highest BCUT2D eigenvalue weighted by Crippen LogP contribution is 2.32. The molecule has 5 nitrogen and oxygen atoms in total. The molecular formula is C13H20N2O3. The number of carbonyl (C=O) groups excluding carboxylic acids is 2. The minimum absolute atomic E-state index is 0.000631. The van der Waals surface area contributed by atoms with Crippen LogP contribution in [0.25, 0.3) is 0 Å². The predicted molar refractivity (Wildman–Crippen MR) is 64.9 cm³/mol. The van der Waals surface area contributed by atoms with Gasteiger partial charge in [-0.15, -0.1) is 0 Å². The molecular weight excluding hydrogens is 232 g/mol. The van der Waals surface area contributed by atoms with Gasteiger partial charge in [-0.2, -0.15) is 0 Å². The van der Waals surface area contributed by atoms with Gasteiger partial charge in [0.2, 0.25) is 11.8 Å². The van der Waals surface area contributed by atoms with Gasteiger partial charge in [0.1, 0.15) is 0 Å². The summed E-state index contributed by atoms with van der Waals surface area (Å²) in [6, 6.07) is 0.252. The van der Waals surface area contributed by atoms with Crippen LogP contribution in [0.1, 0.15) is 39.0 Å². The summed E-state index contributed by atoms with van der Waals surface area (Å²) in [4.78, 5) is 25.3. The van der Waals surface area contributed by atoms with Crippen LogP contribution in [0.3, 0.4) is 0 Å². The van der Waals surface area contributed by atoms with E-state index in [1.807, 2.05) is 6.92 Å². The largest absolute Gasteiger partial charge is 0.378 e. The summed E-state index contributed by atoms with van der Waals surface area (Å²) in [6.45, 7) is 2.74. The quantitative estimate of drug-likeness (QED) is 0.721. The molecule has 0 spiro atoms.